The van der Waals surface area contributed by atoms with Crippen molar-refractivity contribution in [2.24, 2.45) is 0 Å². The lowest BCUT2D eigenvalue weighted by molar-refractivity contribution is -0.144. The number of amides is 1. The minimum absolute atomic E-state index is 0.0655. The van der Waals surface area contributed by atoms with Gasteiger partial charge in [-0.3, -0.25) is 9.59 Å². The van der Waals surface area contributed by atoms with Gasteiger partial charge in [-0.2, -0.15) is 0 Å². The molecule has 21 heavy (non-hydrogen) atoms. The third kappa shape index (κ3) is 4.45. The van der Waals surface area contributed by atoms with Crippen molar-refractivity contribution < 1.29 is 14.7 Å². The number of carboxylic acids is 1. The number of benzene rings is 1. The van der Waals surface area contributed by atoms with E-state index in [2.05, 4.69) is 0 Å². The maximum atomic E-state index is 12.3. The van der Waals surface area contributed by atoms with E-state index in [0.29, 0.717) is 0 Å². The Balaban J connectivity index is 2.08. The van der Waals surface area contributed by atoms with Crippen LogP contribution < -0.4 is 0 Å². The number of hydrogen-bond donors (Lipinski definition) is 1. The molecule has 0 aromatic heterocycles. The van der Waals surface area contributed by atoms with Crippen molar-refractivity contribution >= 4 is 18.0 Å². The first-order chi connectivity index (χ1) is 10.1. The number of hydrogen-bond acceptors (Lipinski definition) is 2. The highest BCUT2D eigenvalue weighted by atomic mass is 16.4. The van der Waals surface area contributed by atoms with E-state index in [-0.39, 0.29) is 18.5 Å². The summed E-state index contributed by atoms with van der Waals surface area (Å²) in [6.07, 6.45) is 7.16. The monoisotopic (exact) mass is 287 g/mol. The Morgan fingerprint density at radius 2 is 2.05 bits per heavy atom. The smallest absolute Gasteiger partial charge is 0.323 e. The minimum Gasteiger partial charge on any atom is -0.480 e. The molecule has 4 nitrogen and oxygen atoms in total. The number of aryl methyl sites for hydroxylation is 1. The second-order valence-electron chi connectivity index (χ2n) is 5.55. The average Bonchev–Trinajstić information content (AvgIpc) is 2.96. The zero-order valence-corrected chi connectivity index (χ0v) is 12.3. The zero-order valence-electron chi connectivity index (χ0n) is 12.3. The number of nitrogens with zero attached hydrogens (tertiary/aromatic N) is 1. The van der Waals surface area contributed by atoms with Crippen LogP contribution in [0.15, 0.2) is 30.3 Å². The molecule has 0 radical (unpaired) electrons. The van der Waals surface area contributed by atoms with E-state index < -0.39 is 5.97 Å². The molecule has 1 aromatic carbocycles. The van der Waals surface area contributed by atoms with E-state index in [9.17, 15) is 9.59 Å². The van der Waals surface area contributed by atoms with Crippen LogP contribution in [-0.2, 0) is 9.59 Å². The summed E-state index contributed by atoms with van der Waals surface area (Å²) in [7, 11) is 0. The third-order valence-corrected chi connectivity index (χ3v) is 3.81. The van der Waals surface area contributed by atoms with Gasteiger partial charge in [-0.25, -0.2) is 0 Å². The number of carboxylic acid groups (broad SMARTS) is 1. The van der Waals surface area contributed by atoms with Crippen LogP contribution in [0.3, 0.4) is 0 Å². The van der Waals surface area contributed by atoms with E-state index in [0.717, 1.165) is 36.8 Å². The summed E-state index contributed by atoms with van der Waals surface area (Å²) in [5.41, 5.74) is 2.08. The highest BCUT2D eigenvalue weighted by Crippen LogP contribution is 2.23. The summed E-state index contributed by atoms with van der Waals surface area (Å²) in [6.45, 7) is 1.77. The van der Waals surface area contributed by atoms with Gasteiger partial charge in [0.25, 0.3) is 0 Å². The molecule has 1 aromatic rings. The van der Waals surface area contributed by atoms with Gasteiger partial charge < -0.3 is 10.0 Å². The van der Waals surface area contributed by atoms with Gasteiger partial charge in [0.2, 0.25) is 5.91 Å². The van der Waals surface area contributed by atoms with Crippen LogP contribution in [0.5, 0.6) is 0 Å². The fraction of sp³-hybridized carbons (Fsp3) is 0.412. The van der Waals surface area contributed by atoms with Crippen LogP contribution in [-0.4, -0.2) is 34.5 Å². The molecule has 1 saturated carbocycles. The summed E-state index contributed by atoms with van der Waals surface area (Å²) < 4.78 is 0. The minimum atomic E-state index is -0.959. The molecule has 0 unspecified atom stereocenters. The molecule has 2 rings (SSSR count). The molecule has 0 saturated heterocycles. The Labute approximate surface area is 125 Å². The van der Waals surface area contributed by atoms with Crippen LogP contribution >= 0.6 is 0 Å². The molecule has 0 aliphatic heterocycles. The van der Waals surface area contributed by atoms with Gasteiger partial charge in [-0.1, -0.05) is 42.7 Å². The quantitative estimate of drug-likeness (QED) is 0.847. The number of carbonyl (C=O) groups is 2. The molecule has 0 bridgehead atoms. The standard InChI is InChI=1S/C17H21NO3/c1-13-5-4-6-14(11-13)9-10-16(19)18(12-17(20)21)15-7-2-3-8-15/h4-6,9-11,15H,2-3,7-8,12H2,1H3,(H,20,21)/b10-9+. The predicted octanol–water partition coefficient (Wildman–Crippen LogP) is 2.86. The maximum Gasteiger partial charge on any atom is 0.323 e. The van der Waals surface area contributed by atoms with E-state index in [1.54, 1.807) is 6.08 Å². The SMILES string of the molecule is Cc1cccc(/C=C/C(=O)N(CC(=O)O)C2CCCC2)c1. The van der Waals surface area contributed by atoms with E-state index in [4.69, 9.17) is 5.11 Å². The first-order valence-corrected chi connectivity index (χ1v) is 7.33. The van der Waals surface area contributed by atoms with Gasteiger partial charge in [0.15, 0.2) is 0 Å². The molecule has 1 aliphatic rings. The average molecular weight is 287 g/mol. The molecule has 1 aliphatic carbocycles. The highest BCUT2D eigenvalue weighted by molar-refractivity contribution is 5.93. The normalized spacial score (nSPS) is 15.5. The van der Waals surface area contributed by atoms with Crippen LogP contribution in [0.25, 0.3) is 6.08 Å². The first-order valence-electron chi connectivity index (χ1n) is 7.33. The number of aliphatic carboxylic acids is 1. The fourth-order valence-electron chi connectivity index (χ4n) is 2.79. The Morgan fingerprint density at radius 3 is 2.67 bits per heavy atom. The molecule has 0 atom stereocenters. The van der Waals surface area contributed by atoms with Crippen LogP contribution in [0.2, 0.25) is 0 Å². The summed E-state index contributed by atoms with van der Waals surface area (Å²) >= 11 is 0. The third-order valence-electron chi connectivity index (χ3n) is 3.81. The van der Waals surface area contributed by atoms with Crippen molar-refractivity contribution in [3.05, 3.63) is 41.5 Å². The molecule has 1 amide bonds. The predicted molar refractivity (Wildman–Crippen MR) is 81.8 cm³/mol. The second kappa shape index (κ2) is 7.07. The molecule has 1 fully saturated rings. The maximum absolute atomic E-state index is 12.3. The van der Waals surface area contributed by atoms with Crippen molar-refractivity contribution in [1.82, 2.24) is 4.90 Å². The second-order valence-corrected chi connectivity index (χ2v) is 5.55. The Bertz CT molecular complexity index is 545. The lowest BCUT2D eigenvalue weighted by Gasteiger charge is -2.26. The van der Waals surface area contributed by atoms with Gasteiger partial charge in [0, 0.05) is 12.1 Å². The van der Waals surface area contributed by atoms with Gasteiger partial charge >= 0.3 is 5.97 Å². The van der Waals surface area contributed by atoms with Crippen molar-refractivity contribution in [3.8, 4) is 0 Å². The van der Waals surface area contributed by atoms with Crippen molar-refractivity contribution in [3.63, 3.8) is 0 Å². The van der Waals surface area contributed by atoms with Crippen molar-refractivity contribution in [1.29, 1.82) is 0 Å². The van der Waals surface area contributed by atoms with E-state index in [1.165, 1.54) is 11.0 Å². The molecule has 0 heterocycles. The molecule has 4 heteroatoms. The molecule has 1 N–H and O–H groups in total. The van der Waals surface area contributed by atoms with Gasteiger partial charge in [-0.05, 0) is 31.4 Å². The van der Waals surface area contributed by atoms with Gasteiger partial charge in [-0.15, -0.1) is 0 Å². The molecule has 112 valence electrons. The molecular weight excluding hydrogens is 266 g/mol. The fourth-order valence-corrected chi connectivity index (χ4v) is 2.79. The Kier molecular flexibility index (Phi) is 5.14. The number of rotatable bonds is 5. The molecule has 0 spiro atoms. The topological polar surface area (TPSA) is 57.6 Å². The van der Waals surface area contributed by atoms with Crippen LogP contribution in [0.4, 0.5) is 0 Å². The van der Waals surface area contributed by atoms with Crippen LogP contribution in [0, 0.1) is 6.92 Å². The van der Waals surface area contributed by atoms with Gasteiger partial charge in [0.05, 0.1) is 0 Å². The largest absolute Gasteiger partial charge is 0.480 e. The zero-order chi connectivity index (χ0) is 15.2. The summed E-state index contributed by atoms with van der Waals surface area (Å²) in [6, 6.07) is 7.91. The van der Waals surface area contributed by atoms with Crippen molar-refractivity contribution in [2.75, 3.05) is 6.54 Å². The van der Waals surface area contributed by atoms with E-state index >= 15 is 0 Å². The summed E-state index contributed by atoms with van der Waals surface area (Å²) in [4.78, 5) is 24.8. The first kappa shape index (κ1) is 15.3. The summed E-state index contributed by atoms with van der Waals surface area (Å²) in [5.74, 6) is -1.18. The lowest BCUT2D eigenvalue weighted by atomic mass is 10.1. The summed E-state index contributed by atoms with van der Waals surface area (Å²) in [5, 5.41) is 9.00. The Hall–Kier alpha value is -2.10. The van der Waals surface area contributed by atoms with Crippen molar-refractivity contribution in [2.45, 2.75) is 38.6 Å². The Morgan fingerprint density at radius 1 is 1.33 bits per heavy atom. The van der Waals surface area contributed by atoms with Gasteiger partial charge in [0.1, 0.15) is 6.54 Å². The lowest BCUT2D eigenvalue weighted by Crippen LogP contribution is -2.41. The molecular formula is C17H21NO3. The van der Waals surface area contributed by atoms with E-state index in [1.807, 2.05) is 31.2 Å². The highest BCUT2D eigenvalue weighted by Gasteiger charge is 2.26. The van der Waals surface area contributed by atoms with Crippen LogP contribution in [0.1, 0.15) is 36.8 Å². The number of carbonyl (C=O) groups excluding carboxylic acids is 1.